The zero-order chi connectivity index (χ0) is 8.69. The lowest BCUT2D eigenvalue weighted by Gasteiger charge is -1.94. The van der Waals surface area contributed by atoms with Crippen molar-refractivity contribution in [1.29, 1.82) is 0 Å². The molecule has 0 aliphatic carbocycles. The molecule has 0 bridgehead atoms. The molecule has 0 unspecified atom stereocenters. The van der Waals surface area contributed by atoms with Crippen LogP contribution in [0, 0.1) is 0 Å². The molecule has 0 saturated carbocycles. The molecule has 0 fully saturated rings. The fourth-order valence-corrected chi connectivity index (χ4v) is 0.574. The molecule has 62 valence electrons. The van der Waals surface area contributed by atoms with Crippen LogP contribution in [0.2, 0.25) is 0 Å². The van der Waals surface area contributed by atoms with Crippen LogP contribution in [0.4, 0.5) is 0 Å². The van der Waals surface area contributed by atoms with Gasteiger partial charge in [0.15, 0.2) is 0 Å². The Morgan fingerprint density at radius 1 is 1.45 bits per heavy atom. The highest BCUT2D eigenvalue weighted by Gasteiger charge is 1.85. The van der Waals surface area contributed by atoms with E-state index in [-0.39, 0.29) is 0 Å². The van der Waals surface area contributed by atoms with E-state index in [1.165, 1.54) is 0 Å². The minimum Gasteiger partial charge on any atom is -0.404 e. The molecule has 0 saturated heterocycles. The van der Waals surface area contributed by atoms with E-state index in [1.807, 2.05) is 19.1 Å². The van der Waals surface area contributed by atoms with Gasteiger partial charge in [-0.25, -0.2) is 0 Å². The summed E-state index contributed by atoms with van der Waals surface area (Å²) >= 11 is 0. The van der Waals surface area contributed by atoms with Crippen molar-refractivity contribution in [2.75, 3.05) is 6.54 Å². The zero-order valence-electron chi connectivity index (χ0n) is 7.01. The first-order chi connectivity index (χ1) is 5.20. The van der Waals surface area contributed by atoms with Crippen LogP contribution < -0.4 is 11.5 Å². The summed E-state index contributed by atoms with van der Waals surface area (Å²) in [5, 5.41) is 0. The Morgan fingerprint density at radius 2 is 2.09 bits per heavy atom. The minimum atomic E-state index is 0.647. The second kappa shape index (κ2) is 5.74. The molecule has 2 heteroatoms. The first-order valence-corrected chi connectivity index (χ1v) is 3.65. The molecule has 0 aromatic heterocycles. The van der Waals surface area contributed by atoms with Gasteiger partial charge >= 0.3 is 0 Å². The van der Waals surface area contributed by atoms with Crippen molar-refractivity contribution in [1.82, 2.24) is 0 Å². The van der Waals surface area contributed by atoms with Crippen molar-refractivity contribution < 1.29 is 0 Å². The Morgan fingerprint density at radius 3 is 2.55 bits per heavy atom. The summed E-state index contributed by atoms with van der Waals surface area (Å²) in [7, 11) is 0. The second-order valence-electron chi connectivity index (χ2n) is 2.44. The van der Waals surface area contributed by atoms with Crippen molar-refractivity contribution in [2.24, 2.45) is 11.5 Å². The van der Waals surface area contributed by atoms with Gasteiger partial charge in [-0.1, -0.05) is 24.3 Å². The topological polar surface area (TPSA) is 52.0 Å². The third-order valence-corrected chi connectivity index (χ3v) is 1.31. The molecule has 0 aliphatic heterocycles. The first-order valence-electron chi connectivity index (χ1n) is 3.65. The molecule has 0 aromatic rings. The van der Waals surface area contributed by atoms with Gasteiger partial charge in [-0.05, 0) is 31.7 Å². The normalized spacial score (nSPS) is 12.4. The lowest BCUT2D eigenvalue weighted by molar-refractivity contribution is 0.977. The highest BCUT2D eigenvalue weighted by Crippen LogP contribution is 2.00. The van der Waals surface area contributed by atoms with Gasteiger partial charge in [0.1, 0.15) is 0 Å². The predicted molar refractivity (Wildman–Crippen MR) is 49.9 cm³/mol. The van der Waals surface area contributed by atoms with E-state index in [2.05, 4.69) is 6.58 Å². The van der Waals surface area contributed by atoms with E-state index < -0.39 is 0 Å². The van der Waals surface area contributed by atoms with Crippen LogP contribution in [0.25, 0.3) is 0 Å². The van der Waals surface area contributed by atoms with Crippen LogP contribution in [-0.2, 0) is 0 Å². The average molecular weight is 152 g/mol. The summed E-state index contributed by atoms with van der Waals surface area (Å²) in [6, 6.07) is 0. The fourth-order valence-electron chi connectivity index (χ4n) is 0.574. The third-order valence-electron chi connectivity index (χ3n) is 1.31. The van der Waals surface area contributed by atoms with Crippen LogP contribution in [0.5, 0.6) is 0 Å². The van der Waals surface area contributed by atoms with Crippen LogP contribution >= 0.6 is 0 Å². The van der Waals surface area contributed by atoms with E-state index in [9.17, 15) is 0 Å². The number of allylic oxidation sites excluding steroid dienone is 3. The molecule has 0 spiro atoms. The molecule has 2 nitrogen and oxygen atoms in total. The van der Waals surface area contributed by atoms with Gasteiger partial charge < -0.3 is 11.5 Å². The van der Waals surface area contributed by atoms with E-state index >= 15 is 0 Å². The van der Waals surface area contributed by atoms with Crippen molar-refractivity contribution in [3.8, 4) is 0 Å². The van der Waals surface area contributed by atoms with Crippen molar-refractivity contribution >= 4 is 0 Å². The van der Waals surface area contributed by atoms with Crippen molar-refractivity contribution in [3.63, 3.8) is 0 Å². The number of hydrogen-bond acceptors (Lipinski definition) is 2. The highest BCUT2D eigenvalue weighted by molar-refractivity contribution is 5.24. The lowest BCUT2D eigenvalue weighted by Crippen LogP contribution is -1.98. The van der Waals surface area contributed by atoms with E-state index in [4.69, 9.17) is 11.5 Å². The standard InChI is InChI=1S/C9H16N2/c1-8(5-6-10)3-4-9(2)7-11/h3-4,7H,1,5-6,10-11H2,2H3/b4-3-,9-7-. The Balaban J connectivity index is 3.83. The van der Waals surface area contributed by atoms with Gasteiger partial charge in [0.05, 0.1) is 0 Å². The van der Waals surface area contributed by atoms with Crippen LogP contribution in [0.3, 0.4) is 0 Å². The largest absolute Gasteiger partial charge is 0.404 e. The van der Waals surface area contributed by atoms with E-state index in [0.29, 0.717) is 6.54 Å². The molecule has 0 rings (SSSR count). The van der Waals surface area contributed by atoms with E-state index in [1.54, 1.807) is 6.20 Å². The van der Waals surface area contributed by atoms with Crippen LogP contribution in [0.15, 0.2) is 36.1 Å². The second-order valence-corrected chi connectivity index (χ2v) is 2.44. The van der Waals surface area contributed by atoms with Crippen molar-refractivity contribution in [2.45, 2.75) is 13.3 Å². The maximum atomic E-state index is 5.33. The number of rotatable bonds is 4. The molecule has 0 aliphatic rings. The SMILES string of the molecule is C=C(/C=C\C(C)=C/N)CCN. The summed E-state index contributed by atoms with van der Waals surface area (Å²) in [4.78, 5) is 0. The Kier molecular flexibility index (Phi) is 5.21. The molecule has 0 aromatic carbocycles. The van der Waals surface area contributed by atoms with Gasteiger partial charge in [-0.3, -0.25) is 0 Å². The van der Waals surface area contributed by atoms with E-state index in [0.717, 1.165) is 17.6 Å². The molecule has 4 N–H and O–H groups in total. The maximum Gasteiger partial charge on any atom is -0.00325 e. The zero-order valence-corrected chi connectivity index (χ0v) is 7.01. The summed E-state index contributed by atoms with van der Waals surface area (Å²) in [5.74, 6) is 0. The lowest BCUT2D eigenvalue weighted by atomic mass is 10.2. The summed E-state index contributed by atoms with van der Waals surface area (Å²) in [5.41, 5.74) is 12.7. The summed E-state index contributed by atoms with van der Waals surface area (Å²) in [6.07, 6.45) is 6.27. The fraction of sp³-hybridized carbons (Fsp3) is 0.333. The Labute approximate surface area is 68.3 Å². The van der Waals surface area contributed by atoms with Gasteiger partial charge in [0, 0.05) is 0 Å². The smallest absolute Gasteiger partial charge is 0.00325 e. The van der Waals surface area contributed by atoms with Gasteiger partial charge in [-0.15, -0.1) is 0 Å². The van der Waals surface area contributed by atoms with Crippen molar-refractivity contribution in [3.05, 3.63) is 36.1 Å². The minimum absolute atomic E-state index is 0.647. The molecule has 0 heterocycles. The molecule has 0 amide bonds. The number of nitrogens with two attached hydrogens (primary N) is 2. The first kappa shape index (κ1) is 9.98. The Bertz CT molecular complexity index is 178. The molecular formula is C9H16N2. The van der Waals surface area contributed by atoms with Crippen LogP contribution in [-0.4, -0.2) is 6.54 Å². The summed E-state index contributed by atoms with van der Waals surface area (Å²) < 4.78 is 0. The van der Waals surface area contributed by atoms with Crippen LogP contribution in [0.1, 0.15) is 13.3 Å². The molecule has 0 atom stereocenters. The van der Waals surface area contributed by atoms with Gasteiger partial charge in [0.2, 0.25) is 0 Å². The summed E-state index contributed by atoms with van der Waals surface area (Å²) in [6.45, 7) is 6.40. The third kappa shape index (κ3) is 5.43. The average Bonchev–Trinajstić information content (AvgIpc) is 2.01. The predicted octanol–water partition coefficient (Wildman–Crippen LogP) is 1.31. The van der Waals surface area contributed by atoms with Gasteiger partial charge in [0.25, 0.3) is 0 Å². The van der Waals surface area contributed by atoms with Gasteiger partial charge in [-0.2, -0.15) is 0 Å². The Hall–Kier alpha value is -1.02. The quantitative estimate of drug-likeness (QED) is 0.597. The maximum absolute atomic E-state index is 5.33. The monoisotopic (exact) mass is 152 g/mol. The highest BCUT2D eigenvalue weighted by atomic mass is 14.5. The molecular weight excluding hydrogens is 136 g/mol. The number of hydrogen-bond donors (Lipinski definition) is 2. The molecule has 0 radical (unpaired) electrons. The molecule has 11 heavy (non-hydrogen) atoms.